The average molecular weight is 317 g/mol. The Morgan fingerprint density at radius 2 is 1.96 bits per heavy atom. The molecule has 1 aromatic carbocycles. The molecule has 8 heteroatoms. The van der Waals surface area contributed by atoms with Gasteiger partial charge < -0.3 is 10.4 Å². The minimum Gasteiger partial charge on any atom is -0.480 e. The SMILES string of the molecule is CC(C)CC(NC(=O)Cn1nnc(-c2ccccc2)n1)C(=O)O. The summed E-state index contributed by atoms with van der Waals surface area (Å²) in [6.07, 6.45) is 0.362. The smallest absolute Gasteiger partial charge is 0.326 e. The van der Waals surface area contributed by atoms with E-state index >= 15 is 0 Å². The normalized spacial score (nSPS) is 12.1. The molecule has 2 N–H and O–H groups in total. The molecule has 0 spiro atoms. The Labute approximate surface area is 133 Å². The first kappa shape index (κ1) is 16.6. The van der Waals surface area contributed by atoms with Crippen LogP contribution in [0.1, 0.15) is 20.3 Å². The van der Waals surface area contributed by atoms with E-state index in [9.17, 15) is 9.59 Å². The lowest BCUT2D eigenvalue weighted by Crippen LogP contribution is -2.43. The van der Waals surface area contributed by atoms with Crippen molar-refractivity contribution in [1.29, 1.82) is 0 Å². The van der Waals surface area contributed by atoms with Crippen molar-refractivity contribution >= 4 is 11.9 Å². The zero-order chi connectivity index (χ0) is 16.8. The highest BCUT2D eigenvalue weighted by Crippen LogP contribution is 2.11. The van der Waals surface area contributed by atoms with E-state index in [4.69, 9.17) is 5.11 Å². The number of hydrogen-bond acceptors (Lipinski definition) is 5. The molecule has 1 heterocycles. The summed E-state index contributed by atoms with van der Waals surface area (Å²) in [6, 6.07) is 8.34. The highest BCUT2D eigenvalue weighted by Gasteiger charge is 2.21. The number of carbonyl (C=O) groups excluding carboxylic acids is 1. The fourth-order valence-corrected chi connectivity index (χ4v) is 2.07. The van der Waals surface area contributed by atoms with E-state index < -0.39 is 17.9 Å². The number of amides is 1. The van der Waals surface area contributed by atoms with Crippen molar-refractivity contribution in [1.82, 2.24) is 25.5 Å². The first-order valence-corrected chi connectivity index (χ1v) is 7.31. The van der Waals surface area contributed by atoms with Crippen molar-refractivity contribution in [2.75, 3.05) is 0 Å². The van der Waals surface area contributed by atoms with E-state index in [2.05, 4.69) is 20.7 Å². The van der Waals surface area contributed by atoms with Gasteiger partial charge >= 0.3 is 5.97 Å². The Hall–Kier alpha value is -2.77. The molecule has 1 unspecified atom stereocenters. The van der Waals surface area contributed by atoms with Crippen LogP contribution in [-0.2, 0) is 16.1 Å². The van der Waals surface area contributed by atoms with E-state index in [0.29, 0.717) is 12.2 Å². The number of nitrogens with one attached hydrogen (secondary N) is 1. The predicted molar refractivity (Wildman–Crippen MR) is 82.3 cm³/mol. The van der Waals surface area contributed by atoms with Gasteiger partial charge in [0.25, 0.3) is 0 Å². The summed E-state index contributed by atoms with van der Waals surface area (Å²) in [7, 11) is 0. The van der Waals surface area contributed by atoms with Crippen LogP contribution in [0.15, 0.2) is 30.3 Å². The number of tetrazole rings is 1. The maximum absolute atomic E-state index is 12.0. The molecule has 2 aromatic rings. The molecule has 0 aliphatic carbocycles. The number of hydrogen-bond donors (Lipinski definition) is 2. The number of benzene rings is 1. The second-order valence-electron chi connectivity index (χ2n) is 5.60. The molecule has 2 rings (SSSR count). The van der Waals surface area contributed by atoms with Crippen molar-refractivity contribution in [3.63, 3.8) is 0 Å². The van der Waals surface area contributed by atoms with Crippen molar-refractivity contribution in [3.05, 3.63) is 30.3 Å². The summed E-state index contributed by atoms with van der Waals surface area (Å²) >= 11 is 0. The molecular weight excluding hydrogens is 298 g/mol. The Kier molecular flexibility index (Phi) is 5.40. The summed E-state index contributed by atoms with van der Waals surface area (Å²) in [5.74, 6) is -0.945. The minimum atomic E-state index is -1.05. The average Bonchev–Trinajstić information content (AvgIpc) is 2.95. The van der Waals surface area contributed by atoms with Crippen molar-refractivity contribution < 1.29 is 14.7 Å². The summed E-state index contributed by atoms with van der Waals surface area (Å²) in [4.78, 5) is 24.2. The van der Waals surface area contributed by atoms with Gasteiger partial charge in [-0.1, -0.05) is 44.2 Å². The zero-order valence-electron chi connectivity index (χ0n) is 13.0. The van der Waals surface area contributed by atoms with Gasteiger partial charge in [0.1, 0.15) is 12.6 Å². The van der Waals surface area contributed by atoms with Crippen LogP contribution in [0.4, 0.5) is 0 Å². The molecule has 0 saturated carbocycles. The maximum Gasteiger partial charge on any atom is 0.326 e. The molecule has 23 heavy (non-hydrogen) atoms. The highest BCUT2D eigenvalue weighted by atomic mass is 16.4. The van der Waals surface area contributed by atoms with Crippen LogP contribution in [-0.4, -0.2) is 43.2 Å². The third kappa shape index (κ3) is 4.87. The number of carbonyl (C=O) groups is 2. The van der Waals surface area contributed by atoms with Gasteiger partial charge in [-0.3, -0.25) is 4.79 Å². The Balaban J connectivity index is 1.98. The molecule has 0 fully saturated rings. The quantitative estimate of drug-likeness (QED) is 0.787. The number of carboxylic acids is 1. The van der Waals surface area contributed by atoms with Gasteiger partial charge in [-0.2, -0.15) is 4.80 Å². The van der Waals surface area contributed by atoms with Crippen LogP contribution in [0, 0.1) is 5.92 Å². The standard InChI is InChI=1S/C15H19N5O3/c1-10(2)8-12(15(22)23)16-13(21)9-20-18-14(17-19-20)11-6-4-3-5-7-11/h3-7,10,12H,8-9H2,1-2H3,(H,16,21)(H,22,23). The molecule has 0 saturated heterocycles. The molecule has 122 valence electrons. The Morgan fingerprint density at radius 3 is 2.57 bits per heavy atom. The van der Waals surface area contributed by atoms with E-state index in [1.807, 2.05) is 44.2 Å². The van der Waals surface area contributed by atoms with E-state index in [0.717, 1.165) is 10.4 Å². The van der Waals surface area contributed by atoms with Gasteiger partial charge in [0.2, 0.25) is 11.7 Å². The van der Waals surface area contributed by atoms with Crippen molar-refractivity contribution in [2.45, 2.75) is 32.9 Å². The molecule has 0 bridgehead atoms. The van der Waals surface area contributed by atoms with Gasteiger partial charge in [0, 0.05) is 5.56 Å². The minimum absolute atomic E-state index is 0.158. The predicted octanol–water partition coefficient (Wildman–Crippen LogP) is 0.956. The fraction of sp³-hybridized carbons (Fsp3) is 0.400. The van der Waals surface area contributed by atoms with Crippen molar-refractivity contribution in [3.8, 4) is 11.4 Å². The molecule has 1 aromatic heterocycles. The second kappa shape index (κ2) is 7.48. The van der Waals surface area contributed by atoms with Gasteiger partial charge in [0.15, 0.2) is 0 Å². The zero-order valence-corrected chi connectivity index (χ0v) is 13.0. The van der Waals surface area contributed by atoms with Crippen LogP contribution in [0.25, 0.3) is 11.4 Å². The number of nitrogens with zero attached hydrogens (tertiary/aromatic N) is 4. The molecule has 1 amide bonds. The lowest BCUT2D eigenvalue weighted by Gasteiger charge is -2.16. The number of aromatic nitrogens is 4. The summed E-state index contributed by atoms with van der Waals surface area (Å²) in [5.41, 5.74) is 0.794. The third-order valence-corrected chi connectivity index (χ3v) is 3.11. The highest BCUT2D eigenvalue weighted by molar-refractivity contribution is 5.83. The molecule has 1 atom stereocenters. The molecule has 0 radical (unpaired) electrons. The molecular formula is C15H19N5O3. The number of rotatable bonds is 7. The van der Waals surface area contributed by atoms with Gasteiger partial charge in [-0.05, 0) is 17.6 Å². The van der Waals surface area contributed by atoms with Crippen LogP contribution in [0.5, 0.6) is 0 Å². The number of aliphatic carboxylic acids is 1. The van der Waals surface area contributed by atoms with Crippen LogP contribution >= 0.6 is 0 Å². The van der Waals surface area contributed by atoms with Crippen molar-refractivity contribution in [2.24, 2.45) is 5.92 Å². The Morgan fingerprint density at radius 1 is 1.26 bits per heavy atom. The maximum atomic E-state index is 12.0. The van der Waals surface area contributed by atoms with Gasteiger partial charge in [-0.15, -0.1) is 10.2 Å². The largest absolute Gasteiger partial charge is 0.480 e. The van der Waals surface area contributed by atoms with E-state index in [1.165, 1.54) is 0 Å². The fourth-order valence-electron chi connectivity index (χ4n) is 2.07. The molecule has 0 aliphatic heterocycles. The summed E-state index contributed by atoms with van der Waals surface area (Å²) in [6.45, 7) is 3.61. The lowest BCUT2D eigenvalue weighted by molar-refractivity contribution is -0.142. The second-order valence-corrected chi connectivity index (χ2v) is 5.60. The van der Waals surface area contributed by atoms with Gasteiger partial charge in [0.05, 0.1) is 0 Å². The summed E-state index contributed by atoms with van der Waals surface area (Å²) < 4.78 is 0. The van der Waals surface area contributed by atoms with Crippen LogP contribution in [0.3, 0.4) is 0 Å². The number of carboxylic acid groups (broad SMARTS) is 1. The van der Waals surface area contributed by atoms with Crippen LogP contribution < -0.4 is 5.32 Å². The summed E-state index contributed by atoms with van der Waals surface area (Å²) in [5, 5.41) is 23.4. The van der Waals surface area contributed by atoms with E-state index in [1.54, 1.807) is 0 Å². The van der Waals surface area contributed by atoms with E-state index in [-0.39, 0.29) is 12.5 Å². The van der Waals surface area contributed by atoms with Crippen LogP contribution in [0.2, 0.25) is 0 Å². The van der Waals surface area contributed by atoms with Gasteiger partial charge in [-0.25, -0.2) is 4.79 Å². The monoisotopic (exact) mass is 317 g/mol. The molecule has 8 nitrogen and oxygen atoms in total. The first-order valence-electron chi connectivity index (χ1n) is 7.31. The topological polar surface area (TPSA) is 110 Å². The Bertz CT molecular complexity index is 669. The third-order valence-electron chi connectivity index (χ3n) is 3.11. The lowest BCUT2D eigenvalue weighted by atomic mass is 10.0. The molecule has 0 aliphatic rings. The first-order chi connectivity index (χ1) is 11.0.